The van der Waals surface area contributed by atoms with Gasteiger partial charge < -0.3 is 9.47 Å². The van der Waals surface area contributed by atoms with Crippen molar-refractivity contribution < 1.29 is 17.9 Å². The quantitative estimate of drug-likeness (QED) is 0.761. The van der Waals surface area contributed by atoms with Gasteiger partial charge >= 0.3 is 0 Å². The molecule has 8 heteroatoms. The SMILES string of the molecule is O=S(=O)(Nc1cccc2[nH]ncc12)c1ccc2c(c1)OCCCO2. The van der Waals surface area contributed by atoms with E-state index in [9.17, 15) is 8.42 Å². The van der Waals surface area contributed by atoms with Gasteiger partial charge in [0, 0.05) is 17.9 Å². The number of nitrogens with zero attached hydrogens (tertiary/aromatic N) is 1. The van der Waals surface area contributed by atoms with Gasteiger partial charge in [-0.05, 0) is 24.3 Å². The van der Waals surface area contributed by atoms with Crippen LogP contribution >= 0.6 is 0 Å². The maximum atomic E-state index is 12.7. The van der Waals surface area contributed by atoms with Crippen molar-refractivity contribution in [2.75, 3.05) is 17.9 Å². The van der Waals surface area contributed by atoms with Crippen molar-refractivity contribution in [1.82, 2.24) is 10.2 Å². The Morgan fingerprint density at radius 3 is 2.79 bits per heavy atom. The second-order valence-electron chi connectivity index (χ2n) is 5.40. The van der Waals surface area contributed by atoms with E-state index >= 15 is 0 Å². The molecule has 0 bridgehead atoms. The molecule has 124 valence electrons. The van der Waals surface area contributed by atoms with Crippen LogP contribution in [0.2, 0.25) is 0 Å². The molecule has 0 atom stereocenters. The van der Waals surface area contributed by atoms with Crippen molar-refractivity contribution in [2.45, 2.75) is 11.3 Å². The molecule has 2 heterocycles. The molecule has 1 aliphatic rings. The minimum Gasteiger partial charge on any atom is -0.490 e. The molecule has 0 aliphatic carbocycles. The van der Waals surface area contributed by atoms with E-state index in [4.69, 9.17) is 9.47 Å². The van der Waals surface area contributed by atoms with Gasteiger partial charge in [0.2, 0.25) is 0 Å². The van der Waals surface area contributed by atoms with Crippen molar-refractivity contribution in [2.24, 2.45) is 0 Å². The Bertz CT molecular complexity index is 997. The van der Waals surface area contributed by atoms with Gasteiger partial charge in [-0.1, -0.05) is 6.07 Å². The number of ether oxygens (including phenoxy) is 2. The first kappa shape index (κ1) is 14.8. The normalized spacial score (nSPS) is 14.3. The lowest BCUT2D eigenvalue weighted by Crippen LogP contribution is -2.13. The number of hydrogen-bond acceptors (Lipinski definition) is 5. The Balaban J connectivity index is 1.70. The first-order valence-corrected chi connectivity index (χ1v) is 8.96. The molecule has 7 nitrogen and oxygen atoms in total. The zero-order valence-electron chi connectivity index (χ0n) is 12.7. The third-order valence-electron chi connectivity index (χ3n) is 3.76. The largest absolute Gasteiger partial charge is 0.490 e. The fourth-order valence-electron chi connectivity index (χ4n) is 2.57. The topological polar surface area (TPSA) is 93.3 Å². The summed E-state index contributed by atoms with van der Waals surface area (Å²) in [7, 11) is -3.76. The van der Waals surface area contributed by atoms with Gasteiger partial charge in [-0.15, -0.1) is 0 Å². The third kappa shape index (κ3) is 2.65. The standard InChI is InChI=1S/C16H15N3O4S/c20-24(21,19-14-4-1-3-13-12(14)10-17-18-13)11-5-6-15-16(9-11)23-8-2-7-22-15/h1,3-6,9-10,19H,2,7-8H2,(H,17,18). The number of aromatic nitrogens is 2. The number of hydrogen-bond donors (Lipinski definition) is 2. The van der Waals surface area contributed by atoms with Crippen molar-refractivity contribution in [3.8, 4) is 11.5 Å². The van der Waals surface area contributed by atoms with Crippen LogP contribution in [0.1, 0.15) is 6.42 Å². The molecule has 2 N–H and O–H groups in total. The summed E-state index contributed by atoms with van der Waals surface area (Å²) < 4.78 is 39.1. The van der Waals surface area contributed by atoms with Crippen LogP contribution in [0.25, 0.3) is 10.9 Å². The van der Waals surface area contributed by atoms with E-state index in [0.29, 0.717) is 35.8 Å². The van der Waals surface area contributed by atoms with Crippen molar-refractivity contribution in [1.29, 1.82) is 0 Å². The van der Waals surface area contributed by atoms with E-state index in [1.807, 2.05) is 6.07 Å². The van der Waals surface area contributed by atoms with Crippen LogP contribution < -0.4 is 14.2 Å². The van der Waals surface area contributed by atoms with Gasteiger partial charge in [-0.2, -0.15) is 5.10 Å². The van der Waals surface area contributed by atoms with Crippen LogP contribution in [0, 0.1) is 0 Å². The van der Waals surface area contributed by atoms with Crippen LogP contribution in [0.15, 0.2) is 47.5 Å². The number of sulfonamides is 1. The zero-order chi connectivity index (χ0) is 16.6. The molecule has 1 aliphatic heterocycles. The zero-order valence-corrected chi connectivity index (χ0v) is 13.5. The summed E-state index contributed by atoms with van der Waals surface area (Å²) in [5, 5.41) is 7.45. The molecule has 2 aromatic carbocycles. The van der Waals surface area contributed by atoms with Gasteiger partial charge in [0.25, 0.3) is 10.0 Å². The molecule has 0 saturated carbocycles. The Hall–Kier alpha value is -2.74. The average Bonchev–Trinajstić information content (AvgIpc) is 2.93. The highest BCUT2D eigenvalue weighted by Crippen LogP contribution is 2.33. The summed E-state index contributed by atoms with van der Waals surface area (Å²) in [6.45, 7) is 1.05. The van der Waals surface area contributed by atoms with E-state index in [0.717, 1.165) is 11.9 Å². The number of anilines is 1. The monoisotopic (exact) mass is 345 g/mol. The lowest BCUT2D eigenvalue weighted by atomic mass is 10.2. The van der Waals surface area contributed by atoms with E-state index in [1.165, 1.54) is 12.1 Å². The summed E-state index contributed by atoms with van der Waals surface area (Å²) >= 11 is 0. The molecular formula is C16H15N3O4S. The van der Waals surface area contributed by atoms with Crippen LogP contribution in [0.3, 0.4) is 0 Å². The molecule has 0 saturated heterocycles. The highest BCUT2D eigenvalue weighted by atomic mass is 32.2. The van der Waals surface area contributed by atoms with Crippen molar-refractivity contribution in [3.05, 3.63) is 42.6 Å². The van der Waals surface area contributed by atoms with Gasteiger partial charge in [0.15, 0.2) is 11.5 Å². The lowest BCUT2D eigenvalue weighted by Gasteiger charge is -2.12. The summed E-state index contributed by atoms with van der Waals surface area (Å²) in [4.78, 5) is 0.118. The predicted molar refractivity (Wildman–Crippen MR) is 89.0 cm³/mol. The van der Waals surface area contributed by atoms with Crippen LogP contribution in [-0.4, -0.2) is 31.8 Å². The fourth-order valence-corrected chi connectivity index (χ4v) is 3.67. The maximum Gasteiger partial charge on any atom is 0.262 e. The number of benzene rings is 2. The molecule has 0 amide bonds. The second-order valence-corrected chi connectivity index (χ2v) is 7.08. The number of H-pyrrole nitrogens is 1. The van der Waals surface area contributed by atoms with E-state index in [2.05, 4.69) is 14.9 Å². The highest BCUT2D eigenvalue weighted by molar-refractivity contribution is 7.92. The third-order valence-corrected chi connectivity index (χ3v) is 5.12. The van der Waals surface area contributed by atoms with E-state index < -0.39 is 10.0 Å². The fraction of sp³-hybridized carbons (Fsp3) is 0.188. The van der Waals surface area contributed by atoms with Crippen molar-refractivity contribution >= 4 is 26.6 Å². The Labute approximate surface area is 138 Å². The molecule has 0 spiro atoms. The summed E-state index contributed by atoms with van der Waals surface area (Å²) in [6.07, 6.45) is 2.35. The van der Waals surface area contributed by atoms with Crippen LogP contribution in [0.5, 0.6) is 11.5 Å². The van der Waals surface area contributed by atoms with Gasteiger partial charge in [0.05, 0.1) is 35.5 Å². The van der Waals surface area contributed by atoms with Gasteiger partial charge in [-0.3, -0.25) is 9.82 Å². The van der Waals surface area contributed by atoms with E-state index in [1.54, 1.807) is 24.4 Å². The molecule has 3 aromatic rings. The molecule has 0 radical (unpaired) electrons. The van der Waals surface area contributed by atoms with Crippen molar-refractivity contribution in [3.63, 3.8) is 0 Å². The first-order chi connectivity index (χ1) is 11.6. The molecule has 1 aromatic heterocycles. The second kappa shape index (κ2) is 5.72. The first-order valence-electron chi connectivity index (χ1n) is 7.48. The predicted octanol–water partition coefficient (Wildman–Crippen LogP) is 2.53. The molecule has 0 fully saturated rings. The van der Waals surface area contributed by atoms with Crippen LogP contribution in [0.4, 0.5) is 5.69 Å². The maximum absolute atomic E-state index is 12.7. The van der Waals surface area contributed by atoms with Gasteiger partial charge in [-0.25, -0.2) is 8.42 Å². The van der Waals surface area contributed by atoms with Gasteiger partial charge in [0.1, 0.15) is 0 Å². The summed E-state index contributed by atoms with van der Waals surface area (Å²) in [6, 6.07) is 9.88. The Kier molecular flexibility index (Phi) is 3.53. The minimum atomic E-state index is -3.76. The minimum absolute atomic E-state index is 0.118. The highest BCUT2D eigenvalue weighted by Gasteiger charge is 2.20. The average molecular weight is 345 g/mol. The smallest absolute Gasteiger partial charge is 0.262 e. The number of aromatic amines is 1. The summed E-state index contributed by atoms with van der Waals surface area (Å²) in [5.74, 6) is 1.00. The molecular weight excluding hydrogens is 330 g/mol. The summed E-state index contributed by atoms with van der Waals surface area (Å²) in [5.41, 5.74) is 1.22. The Morgan fingerprint density at radius 2 is 1.92 bits per heavy atom. The molecule has 24 heavy (non-hydrogen) atoms. The van der Waals surface area contributed by atoms with E-state index in [-0.39, 0.29) is 4.90 Å². The lowest BCUT2D eigenvalue weighted by molar-refractivity contribution is 0.297. The Morgan fingerprint density at radius 1 is 1.08 bits per heavy atom. The number of rotatable bonds is 3. The molecule has 0 unspecified atom stereocenters. The van der Waals surface area contributed by atoms with Crippen LogP contribution in [-0.2, 0) is 10.0 Å². The number of fused-ring (bicyclic) bond motifs is 2. The molecule has 4 rings (SSSR count). The number of nitrogens with one attached hydrogen (secondary N) is 2.